The van der Waals surface area contributed by atoms with Crippen molar-refractivity contribution in [1.29, 1.82) is 0 Å². The van der Waals surface area contributed by atoms with Gasteiger partial charge in [0.05, 0.1) is 6.04 Å². The highest BCUT2D eigenvalue weighted by molar-refractivity contribution is 8.13. The molecular weight excluding hydrogens is 254 g/mol. The van der Waals surface area contributed by atoms with Gasteiger partial charge >= 0.3 is 0 Å². The third-order valence-electron chi connectivity index (χ3n) is 4.00. The molecule has 2 heterocycles. The van der Waals surface area contributed by atoms with Crippen LogP contribution in [0.1, 0.15) is 47.0 Å². The number of rotatable bonds is 3. The summed E-state index contributed by atoms with van der Waals surface area (Å²) >= 11 is 1.89. The summed E-state index contributed by atoms with van der Waals surface area (Å²) in [5, 5.41) is 4.78. The number of amidine groups is 1. The molecule has 1 fully saturated rings. The SMILES string of the molecule is CC(CN1CCCC1)NC1=NC(C(C)(C)C)CCS1. The van der Waals surface area contributed by atoms with Crippen LogP contribution in [0.4, 0.5) is 0 Å². The van der Waals surface area contributed by atoms with Crippen LogP contribution in [0, 0.1) is 5.41 Å². The van der Waals surface area contributed by atoms with Crippen LogP contribution in [-0.4, -0.2) is 47.5 Å². The Bertz CT molecular complexity index is 316. The number of nitrogens with one attached hydrogen (secondary N) is 1. The van der Waals surface area contributed by atoms with Crippen molar-refractivity contribution in [1.82, 2.24) is 10.2 Å². The van der Waals surface area contributed by atoms with Gasteiger partial charge in [-0.05, 0) is 44.7 Å². The highest BCUT2D eigenvalue weighted by Gasteiger charge is 2.27. The van der Waals surface area contributed by atoms with E-state index >= 15 is 0 Å². The molecule has 1 saturated heterocycles. The molecule has 0 aromatic rings. The van der Waals surface area contributed by atoms with Gasteiger partial charge in [0.1, 0.15) is 0 Å². The van der Waals surface area contributed by atoms with Gasteiger partial charge in [-0.3, -0.25) is 4.99 Å². The monoisotopic (exact) mass is 283 g/mol. The van der Waals surface area contributed by atoms with Crippen molar-refractivity contribution in [3.63, 3.8) is 0 Å². The topological polar surface area (TPSA) is 27.6 Å². The fourth-order valence-corrected chi connectivity index (χ4v) is 3.85. The molecule has 0 spiro atoms. The summed E-state index contributed by atoms with van der Waals surface area (Å²) in [4.78, 5) is 7.48. The number of aliphatic imine (C=N–C) groups is 1. The zero-order valence-corrected chi connectivity index (χ0v) is 13.7. The summed E-state index contributed by atoms with van der Waals surface area (Å²) in [5.74, 6) is 1.20. The Hall–Kier alpha value is -0.220. The van der Waals surface area contributed by atoms with Crippen molar-refractivity contribution in [3.8, 4) is 0 Å². The lowest BCUT2D eigenvalue weighted by molar-refractivity contribution is 0.306. The van der Waals surface area contributed by atoms with Crippen LogP contribution in [0.25, 0.3) is 0 Å². The van der Waals surface area contributed by atoms with Gasteiger partial charge in [0.2, 0.25) is 0 Å². The molecule has 2 aliphatic heterocycles. The van der Waals surface area contributed by atoms with Crippen LogP contribution in [0.3, 0.4) is 0 Å². The lowest BCUT2D eigenvalue weighted by Gasteiger charge is -2.32. The first kappa shape index (κ1) is 15.2. The molecule has 0 bridgehead atoms. The minimum atomic E-state index is 0.284. The van der Waals surface area contributed by atoms with E-state index in [0.717, 1.165) is 11.7 Å². The molecule has 0 aromatic carbocycles. The van der Waals surface area contributed by atoms with Gasteiger partial charge in [0, 0.05) is 18.3 Å². The van der Waals surface area contributed by atoms with E-state index in [1.807, 2.05) is 11.8 Å². The van der Waals surface area contributed by atoms with Gasteiger partial charge in [-0.1, -0.05) is 32.5 Å². The molecule has 2 atom stereocenters. The Morgan fingerprint density at radius 3 is 2.68 bits per heavy atom. The molecule has 110 valence electrons. The lowest BCUT2D eigenvalue weighted by atomic mass is 9.85. The number of hydrogen-bond acceptors (Lipinski definition) is 4. The van der Waals surface area contributed by atoms with Crippen molar-refractivity contribution in [2.24, 2.45) is 10.4 Å². The average Bonchev–Trinajstić information content (AvgIpc) is 2.80. The van der Waals surface area contributed by atoms with E-state index in [2.05, 4.69) is 37.9 Å². The fourth-order valence-electron chi connectivity index (χ4n) is 2.83. The number of hydrogen-bond donors (Lipinski definition) is 1. The average molecular weight is 283 g/mol. The molecule has 0 radical (unpaired) electrons. The van der Waals surface area contributed by atoms with Crippen molar-refractivity contribution >= 4 is 16.9 Å². The largest absolute Gasteiger partial charge is 0.361 e. The smallest absolute Gasteiger partial charge is 0.157 e. The molecule has 2 rings (SSSR count). The van der Waals surface area contributed by atoms with E-state index in [4.69, 9.17) is 4.99 Å². The number of likely N-dealkylation sites (tertiary alicyclic amines) is 1. The standard InChI is InChI=1S/C15H29N3S/c1-12(11-18-8-5-6-9-18)16-14-17-13(7-10-19-14)15(2,3)4/h12-13H,5-11H2,1-4H3,(H,16,17). The van der Waals surface area contributed by atoms with E-state index in [-0.39, 0.29) is 5.41 Å². The molecule has 0 aliphatic carbocycles. The lowest BCUT2D eigenvalue weighted by Crippen LogP contribution is -2.42. The quantitative estimate of drug-likeness (QED) is 0.863. The highest BCUT2D eigenvalue weighted by atomic mass is 32.2. The molecule has 2 aliphatic rings. The predicted octanol–water partition coefficient (Wildman–Crippen LogP) is 2.97. The molecule has 19 heavy (non-hydrogen) atoms. The summed E-state index contributed by atoms with van der Waals surface area (Å²) in [7, 11) is 0. The van der Waals surface area contributed by atoms with Crippen molar-refractivity contribution in [3.05, 3.63) is 0 Å². The fraction of sp³-hybridized carbons (Fsp3) is 0.933. The van der Waals surface area contributed by atoms with E-state index in [1.54, 1.807) is 0 Å². The zero-order valence-electron chi connectivity index (χ0n) is 12.9. The van der Waals surface area contributed by atoms with Crippen LogP contribution in [-0.2, 0) is 0 Å². The molecule has 0 aromatic heterocycles. The number of nitrogens with zero attached hydrogens (tertiary/aromatic N) is 2. The second-order valence-electron chi connectivity index (χ2n) is 7.01. The molecule has 1 N–H and O–H groups in total. The summed E-state index contributed by atoms with van der Waals surface area (Å²) < 4.78 is 0. The van der Waals surface area contributed by atoms with Gasteiger partial charge in [-0.25, -0.2) is 0 Å². The predicted molar refractivity (Wildman–Crippen MR) is 86.0 cm³/mol. The summed E-state index contributed by atoms with van der Waals surface area (Å²) in [6, 6.07) is 0.971. The van der Waals surface area contributed by atoms with Crippen LogP contribution in [0.5, 0.6) is 0 Å². The van der Waals surface area contributed by atoms with Crippen molar-refractivity contribution in [2.45, 2.75) is 59.0 Å². The van der Waals surface area contributed by atoms with Crippen molar-refractivity contribution in [2.75, 3.05) is 25.4 Å². The third-order valence-corrected chi connectivity index (χ3v) is 4.94. The minimum Gasteiger partial charge on any atom is -0.361 e. The molecule has 3 nitrogen and oxygen atoms in total. The second-order valence-corrected chi connectivity index (χ2v) is 8.09. The highest BCUT2D eigenvalue weighted by Crippen LogP contribution is 2.30. The Labute approximate surface area is 122 Å². The van der Waals surface area contributed by atoms with Crippen LogP contribution in [0.2, 0.25) is 0 Å². The Kier molecular flexibility index (Phi) is 5.18. The van der Waals surface area contributed by atoms with E-state index in [0.29, 0.717) is 12.1 Å². The Balaban J connectivity index is 1.85. The normalized spacial score (nSPS) is 27.2. The van der Waals surface area contributed by atoms with Gasteiger partial charge in [-0.2, -0.15) is 0 Å². The first-order valence-corrected chi connectivity index (χ1v) is 8.63. The van der Waals surface area contributed by atoms with E-state index in [1.165, 1.54) is 38.1 Å². The first-order valence-electron chi connectivity index (χ1n) is 7.64. The first-order chi connectivity index (χ1) is 8.95. The third kappa shape index (κ3) is 4.67. The Morgan fingerprint density at radius 2 is 2.05 bits per heavy atom. The van der Waals surface area contributed by atoms with Crippen LogP contribution < -0.4 is 5.32 Å². The van der Waals surface area contributed by atoms with Gasteiger partial charge in [0.25, 0.3) is 0 Å². The maximum atomic E-state index is 4.92. The van der Waals surface area contributed by atoms with Gasteiger partial charge in [-0.15, -0.1) is 0 Å². The van der Waals surface area contributed by atoms with Crippen LogP contribution >= 0.6 is 11.8 Å². The number of thioether (sulfide) groups is 1. The second kappa shape index (κ2) is 6.49. The zero-order chi connectivity index (χ0) is 13.9. The van der Waals surface area contributed by atoms with E-state index in [9.17, 15) is 0 Å². The van der Waals surface area contributed by atoms with Crippen molar-refractivity contribution < 1.29 is 0 Å². The summed E-state index contributed by atoms with van der Waals surface area (Å²) in [6.45, 7) is 12.9. The van der Waals surface area contributed by atoms with E-state index < -0.39 is 0 Å². The molecule has 0 amide bonds. The minimum absolute atomic E-state index is 0.284. The Morgan fingerprint density at radius 1 is 1.37 bits per heavy atom. The molecule has 0 saturated carbocycles. The van der Waals surface area contributed by atoms with Gasteiger partial charge in [0.15, 0.2) is 5.17 Å². The maximum absolute atomic E-state index is 4.92. The van der Waals surface area contributed by atoms with Crippen LogP contribution in [0.15, 0.2) is 4.99 Å². The maximum Gasteiger partial charge on any atom is 0.157 e. The molecule has 4 heteroatoms. The molecular formula is C15H29N3S. The summed E-state index contributed by atoms with van der Waals surface area (Å²) in [5.41, 5.74) is 0.284. The summed E-state index contributed by atoms with van der Waals surface area (Å²) in [6.07, 6.45) is 3.95. The van der Waals surface area contributed by atoms with Gasteiger partial charge < -0.3 is 10.2 Å². The molecule has 2 unspecified atom stereocenters.